The van der Waals surface area contributed by atoms with Crippen LogP contribution in [0, 0.1) is 55.7 Å². The molecule has 1 unspecified atom stereocenters. The molecule has 10 heteroatoms. The lowest BCUT2D eigenvalue weighted by molar-refractivity contribution is -0.178. The van der Waals surface area contributed by atoms with Gasteiger partial charge in [0.15, 0.2) is 6.79 Å². The highest BCUT2D eigenvalue weighted by Gasteiger charge is 2.68. The van der Waals surface area contributed by atoms with Crippen LogP contribution >= 0.6 is 21.9 Å². The van der Waals surface area contributed by atoms with E-state index >= 15 is 0 Å². The fourth-order valence-electron chi connectivity index (χ4n) is 11.9. The fourth-order valence-corrected chi connectivity index (χ4v) is 13.3. The molecule has 0 aromatic heterocycles. The molecule has 4 aliphatic carbocycles. The number of ether oxygens (including phenoxy) is 4. The molecule has 3 saturated carbocycles. The van der Waals surface area contributed by atoms with Crippen molar-refractivity contribution in [2.75, 3.05) is 32.9 Å². The first-order valence-corrected chi connectivity index (χ1v) is 23.4. The van der Waals surface area contributed by atoms with Crippen molar-refractivity contribution < 1.29 is 37.5 Å². The molecule has 0 aromatic carbocycles. The summed E-state index contributed by atoms with van der Waals surface area (Å²) in [5, 5.41) is 0. The summed E-state index contributed by atoms with van der Waals surface area (Å²) in [6.45, 7) is 27.9. The number of carbonyl (C=O) groups is 3. The Labute approximate surface area is 342 Å². The molecule has 0 amide bonds. The van der Waals surface area contributed by atoms with Crippen molar-refractivity contribution in [1.82, 2.24) is 0 Å². The van der Waals surface area contributed by atoms with Gasteiger partial charge in [0.1, 0.15) is 23.4 Å². The Balaban J connectivity index is 1.29. The summed E-state index contributed by atoms with van der Waals surface area (Å²) < 4.78 is 27.2. The Morgan fingerprint density at radius 1 is 0.873 bits per heavy atom. The number of allylic oxidation sites excluding steroid dienone is 1. The third-order valence-electron chi connectivity index (χ3n) is 15.7. The van der Waals surface area contributed by atoms with Gasteiger partial charge in [0, 0.05) is 7.11 Å². The molecule has 0 aliphatic heterocycles. The Morgan fingerprint density at radius 3 is 2.24 bits per heavy atom. The van der Waals surface area contributed by atoms with Crippen LogP contribution in [0.15, 0.2) is 11.6 Å². The van der Waals surface area contributed by atoms with Gasteiger partial charge in [0.25, 0.3) is 0 Å². The smallest absolute Gasteiger partial charge is 0.324 e. The van der Waals surface area contributed by atoms with Gasteiger partial charge in [-0.15, -0.1) is 0 Å². The van der Waals surface area contributed by atoms with Gasteiger partial charge in [-0.3, -0.25) is 14.4 Å². The zero-order chi connectivity index (χ0) is 41.1. The van der Waals surface area contributed by atoms with Crippen molar-refractivity contribution in [2.24, 2.45) is 55.7 Å². The fraction of sp³-hybridized carbons (Fsp3) is 0.889. The first kappa shape index (κ1) is 46.5. The minimum Gasteiger partial charge on any atom is -0.463 e. The Morgan fingerprint density at radius 2 is 1.56 bits per heavy atom. The predicted molar refractivity (Wildman–Crippen MR) is 224 cm³/mol. The standard InChI is InChI=1S/C45H76O8S2/c1-31(2)15-14-20-41(7,8)44(11)24-23-42(9)34-17-16-32-27-33(18-21-43(32,10)45(34,12)22-19-35(42)44)51-30-52-37(47)39(3,4)29-40(5,6)38(48)53-55-54-28-36(46)50-26-25-49-13/h16,31,33-35H,14-15,17-30H2,1-13H3/t33?,34-,35-,42-,43-,44-,45-/m0/s1. The van der Waals surface area contributed by atoms with E-state index in [4.69, 9.17) is 23.1 Å². The van der Waals surface area contributed by atoms with Crippen molar-refractivity contribution in [3.05, 3.63) is 11.6 Å². The van der Waals surface area contributed by atoms with Crippen molar-refractivity contribution in [1.29, 1.82) is 0 Å². The third kappa shape index (κ3) is 9.81. The van der Waals surface area contributed by atoms with Crippen LogP contribution in [0.4, 0.5) is 0 Å². The van der Waals surface area contributed by atoms with Crippen molar-refractivity contribution in [3.63, 3.8) is 0 Å². The van der Waals surface area contributed by atoms with Gasteiger partial charge >= 0.3 is 17.9 Å². The molecular weight excluding hydrogens is 733 g/mol. The predicted octanol–water partition coefficient (Wildman–Crippen LogP) is 11.6. The zero-order valence-electron chi connectivity index (χ0n) is 36.8. The van der Waals surface area contributed by atoms with Gasteiger partial charge in [0.05, 0.1) is 23.5 Å². The number of hydrogen-bond donors (Lipinski definition) is 0. The van der Waals surface area contributed by atoms with E-state index in [1.54, 1.807) is 33.3 Å². The van der Waals surface area contributed by atoms with Crippen LogP contribution in [0.1, 0.15) is 160 Å². The summed E-state index contributed by atoms with van der Waals surface area (Å²) >= 11 is 0.835. The highest BCUT2D eigenvalue weighted by Crippen LogP contribution is 2.76. The summed E-state index contributed by atoms with van der Waals surface area (Å²) in [7, 11) is 2.61. The van der Waals surface area contributed by atoms with Gasteiger partial charge in [-0.25, -0.2) is 0 Å². The molecule has 7 atom stereocenters. The Kier molecular flexibility index (Phi) is 15.2. The van der Waals surface area contributed by atoms with Crippen LogP contribution in [0.2, 0.25) is 0 Å². The number of esters is 2. The minimum absolute atomic E-state index is 0.0157. The zero-order valence-corrected chi connectivity index (χ0v) is 38.4. The molecule has 0 radical (unpaired) electrons. The second-order valence-electron chi connectivity index (χ2n) is 20.9. The molecule has 0 saturated heterocycles. The van der Waals surface area contributed by atoms with Crippen molar-refractivity contribution in [2.45, 2.75) is 166 Å². The molecule has 4 aliphatic rings. The van der Waals surface area contributed by atoms with Crippen molar-refractivity contribution in [3.8, 4) is 0 Å². The average molecular weight is 809 g/mol. The van der Waals surface area contributed by atoms with Crippen LogP contribution in [0.25, 0.3) is 0 Å². The Bertz CT molecular complexity index is 1390. The molecule has 3 fully saturated rings. The van der Waals surface area contributed by atoms with E-state index in [1.807, 2.05) is 0 Å². The molecule has 316 valence electrons. The SMILES string of the molecule is COCCOC(=O)CSSOC(=O)C(C)(C)CC(C)(C)C(=O)OCOC1CC[C@@]2(C)C(=CC[C@H]3[C@]4(C)CC[C@](C)(C(C)(C)CCCC(C)C)[C@H]4CC[C@@]32C)C1. The van der Waals surface area contributed by atoms with Gasteiger partial charge in [-0.1, -0.05) is 79.9 Å². The molecule has 0 spiro atoms. The molecule has 0 aromatic rings. The van der Waals surface area contributed by atoms with E-state index in [1.165, 1.54) is 52.1 Å². The van der Waals surface area contributed by atoms with E-state index < -0.39 is 28.7 Å². The Hall–Kier alpha value is -1.23. The summed E-state index contributed by atoms with van der Waals surface area (Å²) in [6.07, 6.45) is 16.3. The topological polar surface area (TPSA) is 97.4 Å². The number of rotatable bonds is 19. The average Bonchev–Trinajstić information content (AvgIpc) is 3.37. The highest BCUT2D eigenvalue weighted by atomic mass is 33.1. The van der Waals surface area contributed by atoms with Crippen LogP contribution in [0.5, 0.6) is 0 Å². The maximum atomic E-state index is 13.3. The first-order valence-electron chi connectivity index (χ1n) is 21.1. The van der Waals surface area contributed by atoms with Gasteiger partial charge in [-0.05, 0) is 148 Å². The van der Waals surface area contributed by atoms with Gasteiger partial charge in [-0.2, -0.15) is 0 Å². The summed E-state index contributed by atoms with van der Waals surface area (Å²) in [5.74, 6) is 0.986. The lowest BCUT2D eigenvalue weighted by Crippen LogP contribution is -2.59. The number of carbonyl (C=O) groups excluding carboxylic acids is 3. The molecular formula is C45H76O8S2. The van der Waals surface area contributed by atoms with Crippen LogP contribution in [-0.2, 0) is 37.5 Å². The second-order valence-corrected chi connectivity index (χ2v) is 22.8. The lowest BCUT2D eigenvalue weighted by atomic mass is 9.38. The minimum atomic E-state index is -0.956. The summed E-state index contributed by atoms with van der Waals surface area (Å²) in [5.41, 5.74) is 1.14. The van der Waals surface area contributed by atoms with Gasteiger partial charge < -0.3 is 23.1 Å². The first-order chi connectivity index (χ1) is 25.5. The largest absolute Gasteiger partial charge is 0.463 e. The highest BCUT2D eigenvalue weighted by molar-refractivity contribution is 8.75. The molecule has 4 rings (SSSR count). The molecule has 0 bridgehead atoms. The third-order valence-corrected chi connectivity index (χ3v) is 17.3. The molecule has 0 N–H and O–H groups in total. The molecule has 55 heavy (non-hydrogen) atoms. The maximum Gasteiger partial charge on any atom is 0.324 e. The van der Waals surface area contributed by atoms with E-state index in [0.29, 0.717) is 28.8 Å². The quantitative estimate of drug-likeness (QED) is 0.0313. The number of fused-ring (bicyclic) bond motifs is 5. The summed E-state index contributed by atoms with van der Waals surface area (Å²) in [6, 6.07) is 0. The van der Waals surface area contributed by atoms with E-state index in [2.05, 4.69) is 61.5 Å². The number of hydrogen-bond acceptors (Lipinski definition) is 10. The van der Waals surface area contributed by atoms with E-state index in [0.717, 1.165) is 59.4 Å². The van der Waals surface area contributed by atoms with E-state index in [-0.39, 0.29) is 42.5 Å². The van der Waals surface area contributed by atoms with Gasteiger partial charge in [0.2, 0.25) is 0 Å². The van der Waals surface area contributed by atoms with Crippen LogP contribution in [0.3, 0.4) is 0 Å². The normalized spacial score (nSPS) is 32.3. The monoisotopic (exact) mass is 808 g/mol. The second kappa shape index (κ2) is 17.9. The molecule has 8 nitrogen and oxygen atoms in total. The van der Waals surface area contributed by atoms with E-state index in [9.17, 15) is 14.4 Å². The maximum absolute atomic E-state index is 13.3. The van der Waals surface area contributed by atoms with Crippen LogP contribution in [-0.4, -0.2) is 56.9 Å². The summed E-state index contributed by atoms with van der Waals surface area (Å²) in [4.78, 5) is 38.0. The number of methoxy groups -OCH3 is 1. The lowest BCUT2D eigenvalue weighted by Gasteiger charge is -2.66. The van der Waals surface area contributed by atoms with Crippen molar-refractivity contribution >= 4 is 39.8 Å². The van der Waals surface area contributed by atoms with Crippen LogP contribution < -0.4 is 0 Å². The molecule has 0 heterocycles.